The Labute approximate surface area is 109 Å². The van der Waals surface area contributed by atoms with Crippen molar-refractivity contribution >= 4 is 22.4 Å². The molecule has 0 heterocycles. The fourth-order valence-corrected chi connectivity index (χ4v) is 2.46. The van der Waals surface area contributed by atoms with Crippen molar-refractivity contribution in [1.29, 1.82) is 0 Å². The lowest BCUT2D eigenvalue weighted by Crippen LogP contribution is -2.32. The summed E-state index contributed by atoms with van der Waals surface area (Å²) in [5, 5.41) is 3.06. The summed E-state index contributed by atoms with van der Waals surface area (Å²) in [6.07, 6.45) is 0. The van der Waals surface area contributed by atoms with E-state index in [0.29, 0.717) is 13.1 Å². The molecule has 1 aromatic rings. The van der Waals surface area contributed by atoms with Crippen LogP contribution in [-0.2, 0) is 15.8 Å². The summed E-state index contributed by atoms with van der Waals surface area (Å²) in [4.78, 5) is 0. The Hall–Kier alpha value is -0.620. The Morgan fingerprint density at radius 2 is 1.76 bits per heavy atom. The van der Waals surface area contributed by atoms with Gasteiger partial charge < -0.3 is 5.32 Å². The van der Waals surface area contributed by atoms with Crippen molar-refractivity contribution in [2.45, 2.75) is 12.7 Å². The molecular weight excluding hydrogens is 260 g/mol. The van der Waals surface area contributed by atoms with E-state index in [1.165, 1.54) is 0 Å². The molecule has 0 fully saturated rings. The minimum Gasteiger partial charge on any atom is -0.316 e. The van der Waals surface area contributed by atoms with Crippen molar-refractivity contribution in [3.63, 3.8) is 0 Å². The fraction of sp³-hybridized carbons (Fsp3) is 0.455. The molecule has 98 valence electrons. The number of hydrogen-bond donors (Lipinski definition) is 2. The van der Waals surface area contributed by atoms with Crippen LogP contribution >= 0.6 is 12.4 Å². The first-order chi connectivity index (χ1) is 7.64. The van der Waals surface area contributed by atoms with Crippen LogP contribution in [0.4, 0.5) is 0 Å². The van der Waals surface area contributed by atoms with E-state index in [4.69, 9.17) is 0 Å². The largest absolute Gasteiger partial charge is 0.316 e. The molecule has 0 amide bonds. The average Bonchev–Trinajstić information content (AvgIpc) is 2.25. The van der Waals surface area contributed by atoms with Crippen LogP contribution in [0.3, 0.4) is 0 Å². The van der Waals surface area contributed by atoms with Crippen molar-refractivity contribution in [3.8, 4) is 0 Å². The van der Waals surface area contributed by atoms with Crippen LogP contribution in [0.2, 0.25) is 0 Å². The lowest BCUT2D eigenvalue weighted by atomic mass is 10.2. The first-order valence-corrected chi connectivity index (χ1v) is 7.01. The maximum atomic E-state index is 11.6. The predicted octanol–water partition coefficient (Wildman–Crippen LogP) is 1.14. The zero-order chi connectivity index (χ0) is 11.9. The van der Waals surface area contributed by atoms with Gasteiger partial charge in [0.15, 0.2) is 0 Å². The van der Waals surface area contributed by atoms with Gasteiger partial charge in [-0.25, -0.2) is 13.1 Å². The van der Waals surface area contributed by atoms with E-state index < -0.39 is 10.0 Å². The summed E-state index contributed by atoms with van der Waals surface area (Å²) in [6, 6.07) is 9.16. The van der Waals surface area contributed by atoms with Crippen LogP contribution in [0.25, 0.3) is 0 Å². The maximum Gasteiger partial charge on any atom is 0.215 e. The molecule has 1 rings (SSSR count). The SMILES string of the molecule is CCNCCNS(=O)(=O)Cc1ccccc1.Cl. The molecule has 0 unspecified atom stereocenters. The number of nitrogens with one attached hydrogen (secondary N) is 2. The summed E-state index contributed by atoms with van der Waals surface area (Å²) in [7, 11) is -3.21. The van der Waals surface area contributed by atoms with Gasteiger partial charge in [-0.1, -0.05) is 37.3 Å². The third-order valence-corrected chi connectivity index (χ3v) is 3.43. The van der Waals surface area contributed by atoms with Crippen molar-refractivity contribution in [3.05, 3.63) is 35.9 Å². The standard InChI is InChI=1S/C11H18N2O2S.ClH/c1-2-12-8-9-13-16(14,15)10-11-6-4-3-5-7-11;/h3-7,12-13H,2,8-10H2,1H3;1H. The molecule has 0 atom stereocenters. The third-order valence-electron chi connectivity index (χ3n) is 2.07. The average molecular weight is 279 g/mol. The number of likely N-dealkylation sites (N-methyl/N-ethyl adjacent to an activating group) is 1. The Bertz CT molecular complexity index is 395. The van der Waals surface area contributed by atoms with Gasteiger partial charge in [-0.3, -0.25) is 0 Å². The molecule has 0 saturated carbocycles. The smallest absolute Gasteiger partial charge is 0.215 e. The summed E-state index contributed by atoms with van der Waals surface area (Å²) in [5.74, 6) is 0.0416. The number of rotatable bonds is 7. The fourth-order valence-electron chi connectivity index (χ4n) is 1.32. The Morgan fingerprint density at radius 1 is 1.12 bits per heavy atom. The molecule has 0 aliphatic heterocycles. The van der Waals surface area contributed by atoms with Crippen molar-refractivity contribution < 1.29 is 8.42 Å². The molecule has 4 nitrogen and oxygen atoms in total. The van der Waals surface area contributed by atoms with Gasteiger partial charge >= 0.3 is 0 Å². The summed E-state index contributed by atoms with van der Waals surface area (Å²) in [5.41, 5.74) is 0.804. The van der Waals surface area contributed by atoms with Gasteiger partial charge in [-0.05, 0) is 12.1 Å². The molecule has 6 heteroatoms. The highest BCUT2D eigenvalue weighted by atomic mass is 35.5. The van der Waals surface area contributed by atoms with Gasteiger partial charge in [0, 0.05) is 13.1 Å². The Kier molecular flexibility index (Phi) is 8.16. The molecular formula is C11H19ClN2O2S. The molecule has 0 bridgehead atoms. The van der Waals surface area contributed by atoms with Gasteiger partial charge in [-0.15, -0.1) is 12.4 Å². The van der Waals surface area contributed by atoms with E-state index in [0.717, 1.165) is 12.1 Å². The van der Waals surface area contributed by atoms with E-state index in [-0.39, 0.29) is 18.2 Å². The lowest BCUT2D eigenvalue weighted by molar-refractivity contribution is 0.576. The zero-order valence-corrected chi connectivity index (χ0v) is 11.5. The minimum absolute atomic E-state index is 0. The predicted molar refractivity (Wildman–Crippen MR) is 72.9 cm³/mol. The van der Waals surface area contributed by atoms with E-state index >= 15 is 0 Å². The lowest BCUT2D eigenvalue weighted by Gasteiger charge is -2.06. The topological polar surface area (TPSA) is 58.2 Å². The molecule has 0 aliphatic rings. The van der Waals surface area contributed by atoms with E-state index in [2.05, 4.69) is 10.0 Å². The van der Waals surface area contributed by atoms with Crippen LogP contribution < -0.4 is 10.0 Å². The monoisotopic (exact) mass is 278 g/mol. The number of hydrogen-bond acceptors (Lipinski definition) is 3. The second-order valence-corrected chi connectivity index (χ2v) is 5.30. The molecule has 0 radical (unpaired) electrons. The maximum absolute atomic E-state index is 11.6. The second-order valence-electron chi connectivity index (χ2n) is 3.49. The molecule has 0 spiro atoms. The Balaban J connectivity index is 0.00000256. The molecule has 0 aliphatic carbocycles. The van der Waals surface area contributed by atoms with Gasteiger partial charge in [0.05, 0.1) is 5.75 Å². The number of halogens is 1. The zero-order valence-electron chi connectivity index (χ0n) is 9.85. The molecule has 2 N–H and O–H groups in total. The summed E-state index contributed by atoms with van der Waals surface area (Å²) < 4.78 is 25.8. The van der Waals surface area contributed by atoms with Gasteiger partial charge in [0.2, 0.25) is 10.0 Å². The summed E-state index contributed by atoms with van der Waals surface area (Å²) >= 11 is 0. The van der Waals surface area contributed by atoms with Crippen LogP contribution in [0.1, 0.15) is 12.5 Å². The number of benzene rings is 1. The van der Waals surface area contributed by atoms with Crippen molar-refractivity contribution in [2.24, 2.45) is 0 Å². The van der Waals surface area contributed by atoms with Crippen molar-refractivity contribution in [2.75, 3.05) is 19.6 Å². The van der Waals surface area contributed by atoms with Crippen LogP contribution in [0, 0.1) is 0 Å². The molecule has 17 heavy (non-hydrogen) atoms. The highest BCUT2D eigenvalue weighted by Crippen LogP contribution is 2.03. The molecule has 0 saturated heterocycles. The van der Waals surface area contributed by atoms with E-state index in [1.54, 1.807) is 0 Å². The van der Waals surface area contributed by atoms with Crippen molar-refractivity contribution in [1.82, 2.24) is 10.0 Å². The quantitative estimate of drug-likeness (QED) is 0.736. The Morgan fingerprint density at radius 3 is 2.35 bits per heavy atom. The third kappa shape index (κ3) is 7.33. The number of sulfonamides is 1. The van der Waals surface area contributed by atoms with Crippen LogP contribution in [-0.4, -0.2) is 28.1 Å². The van der Waals surface area contributed by atoms with Gasteiger partial charge in [-0.2, -0.15) is 0 Å². The summed E-state index contributed by atoms with van der Waals surface area (Å²) in [6.45, 7) is 3.92. The normalized spacial score (nSPS) is 10.9. The van der Waals surface area contributed by atoms with E-state index in [9.17, 15) is 8.42 Å². The molecule has 0 aromatic heterocycles. The minimum atomic E-state index is -3.21. The van der Waals surface area contributed by atoms with Crippen LogP contribution in [0.15, 0.2) is 30.3 Å². The van der Waals surface area contributed by atoms with Gasteiger partial charge in [0.25, 0.3) is 0 Å². The van der Waals surface area contributed by atoms with Gasteiger partial charge in [0.1, 0.15) is 0 Å². The molecule has 1 aromatic carbocycles. The first kappa shape index (κ1) is 16.4. The first-order valence-electron chi connectivity index (χ1n) is 5.36. The van der Waals surface area contributed by atoms with Crippen LogP contribution in [0.5, 0.6) is 0 Å². The highest BCUT2D eigenvalue weighted by molar-refractivity contribution is 7.88. The second kappa shape index (κ2) is 8.47. The highest BCUT2D eigenvalue weighted by Gasteiger charge is 2.09. The van der Waals surface area contributed by atoms with E-state index in [1.807, 2.05) is 37.3 Å².